The molecule has 2 aliphatic rings. The van der Waals surface area contributed by atoms with Crippen LogP contribution in [0.5, 0.6) is 5.75 Å². The van der Waals surface area contributed by atoms with Crippen LogP contribution in [0.25, 0.3) is 0 Å². The molecule has 0 saturated heterocycles. The topological polar surface area (TPSA) is 29.5 Å². The molecule has 1 saturated carbocycles. The van der Waals surface area contributed by atoms with E-state index < -0.39 is 0 Å². The van der Waals surface area contributed by atoms with Crippen LogP contribution in [0.1, 0.15) is 44.8 Å². The quantitative estimate of drug-likeness (QED) is 0.847. The lowest BCUT2D eigenvalue weighted by molar-refractivity contribution is -0.108. The molecule has 1 spiro atoms. The van der Waals surface area contributed by atoms with E-state index in [0.717, 1.165) is 41.0 Å². The van der Waals surface area contributed by atoms with Crippen molar-refractivity contribution in [3.8, 4) is 5.75 Å². The summed E-state index contributed by atoms with van der Waals surface area (Å²) in [6.07, 6.45) is 2.52. The average Bonchev–Trinajstić information content (AvgIpc) is 2.24. The Morgan fingerprint density at radius 2 is 2.06 bits per heavy atom. The van der Waals surface area contributed by atoms with Crippen molar-refractivity contribution in [3.63, 3.8) is 0 Å². The zero-order valence-corrected chi connectivity index (χ0v) is 12.4. The van der Waals surface area contributed by atoms with E-state index in [9.17, 15) is 5.11 Å². The van der Waals surface area contributed by atoms with Crippen LogP contribution in [0.3, 0.4) is 0 Å². The minimum atomic E-state index is -0.380. The summed E-state index contributed by atoms with van der Waals surface area (Å²) in [5, 5.41) is 10.3. The molecule has 1 N–H and O–H groups in total. The van der Waals surface area contributed by atoms with Gasteiger partial charge in [0.2, 0.25) is 0 Å². The summed E-state index contributed by atoms with van der Waals surface area (Å²) in [5.41, 5.74) is 0.819. The van der Waals surface area contributed by atoms with Crippen LogP contribution in [0.4, 0.5) is 0 Å². The van der Waals surface area contributed by atoms with Crippen LogP contribution >= 0.6 is 15.9 Å². The van der Waals surface area contributed by atoms with E-state index in [-0.39, 0.29) is 11.7 Å². The van der Waals surface area contributed by atoms with E-state index in [1.807, 2.05) is 18.2 Å². The standard InChI is InChI=1S/C15H19BrO2/c1-9(2)10-6-15(7-10)8-13(17)12-4-3-11(16)5-14(12)18-15/h3-5,9-10,13,17H,6-8H2,1-2H3. The summed E-state index contributed by atoms with van der Waals surface area (Å²) in [6, 6.07) is 5.89. The summed E-state index contributed by atoms with van der Waals surface area (Å²) in [4.78, 5) is 0. The van der Waals surface area contributed by atoms with Gasteiger partial charge in [-0.2, -0.15) is 0 Å². The number of aliphatic hydroxyl groups is 1. The highest BCUT2D eigenvalue weighted by Gasteiger charge is 2.51. The number of ether oxygens (including phenoxy) is 1. The molecule has 1 fully saturated rings. The number of rotatable bonds is 1. The van der Waals surface area contributed by atoms with Gasteiger partial charge in [-0.25, -0.2) is 0 Å². The van der Waals surface area contributed by atoms with Crippen LogP contribution in [-0.2, 0) is 0 Å². The molecule has 1 aromatic carbocycles. The van der Waals surface area contributed by atoms with Gasteiger partial charge in [-0.3, -0.25) is 0 Å². The molecule has 0 bridgehead atoms. The van der Waals surface area contributed by atoms with Crippen molar-refractivity contribution in [2.75, 3.05) is 0 Å². The van der Waals surface area contributed by atoms with Crippen molar-refractivity contribution in [1.82, 2.24) is 0 Å². The first-order chi connectivity index (χ1) is 8.49. The highest BCUT2D eigenvalue weighted by Crippen LogP contribution is 2.53. The Morgan fingerprint density at radius 1 is 1.33 bits per heavy atom. The van der Waals surface area contributed by atoms with Crippen LogP contribution < -0.4 is 4.74 Å². The Hall–Kier alpha value is -0.540. The SMILES string of the molecule is CC(C)C1CC2(CC(O)c3ccc(Br)cc3O2)C1. The molecular formula is C15H19BrO2. The molecule has 1 aromatic rings. The fourth-order valence-corrected chi connectivity index (χ4v) is 3.57. The maximum absolute atomic E-state index is 10.3. The monoisotopic (exact) mass is 310 g/mol. The molecule has 0 radical (unpaired) electrons. The van der Waals surface area contributed by atoms with Crippen LogP contribution in [0.15, 0.2) is 22.7 Å². The van der Waals surface area contributed by atoms with Gasteiger partial charge >= 0.3 is 0 Å². The molecule has 3 rings (SSSR count). The van der Waals surface area contributed by atoms with Gasteiger partial charge in [0.05, 0.1) is 6.10 Å². The Morgan fingerprint density at radius 3 is 2.72 bits per heavy atom. The summed E-state index contributed by atoms with van der Waals surface area (Å²) in [7, 11) is 0. The smallest absolute Gasteiger partial charge is 0.127 e. The Balaban J connectivity index is 1.84. The first-order valence-electron chi connectivity index (χ1n) is 6.66. The lowest BCUT2D eigenvalue weighted by atomic mass is 9.63. The lowest BCUT2D eigenvalue weighted by Gasteiger charge is -2.52. The molecule has 1 aliphatic heterocycles. The summed E-state index contributed by atoms with van der Waals surface area (Å²) >= 11 is 3.46. The molecule has 1 heterocycles. The molecule has 1 aliphatic carbocycles. The molecule has 18 heavy (non-hydrogen) atoms. The van der Waals surface area contributed by atoms with Crippen LogP contribution in [-0.4, -0.2) is 10.7 Å². The second kappa shape index (κ2) is 4.24. The minimum Gasteiger partial charge on any atom is -0.487 e. The maximum Gasteiger partial charge on any atom is 0.127 e. The third-order valence-electron chi connectivity index (χ3n) is 4.44. The zero-order valence-electron chi connectivity index (χ0n) is 10.8. The predicted octanol–water partition coefficient (Wildman–Crippen LogP) is 4.07. The average molecular weight is 311 g/mol. The minimum absolute atomic E-state index is 0.109. The normalized spacial score (nSPS) is 34.1. The van der Waals surface area contributed by atoms with Gasteiger partial charge in [-0.05, 0) is 36.8 Å². The Labute approximate surface area is 116 Å². The number of hydrogen-bond donors (Lipinski definition) is 1. The number of aliphatic hydroxyl groups excluding tert-OH is 1. The van der Waals surface area contributed by atoms with Crippen molar-refractivity contribution in [2.24, 2.45) is 11.8 Å². The molecule has 1 unspecified atom stereocenters. The first kappa shape index (κ1) is 12.5. The summed E-state index contributed by atoms with van der Waals surface area (Å²) in [6.45, 7) is 4.53. The number of benzene rings is 1. The van der Waals surface area contributed by atoms with Gasteiger partial charge in [-0.1, -0.05) is 35.8 Å². The van der Waals surface area contributed by atoms with Gasteiger partial charge in [0.1, 0.15) is 11.4 Å². The van der Waals surface area contributed by atoms with E-state index in [4.69, 9.17) is 4.74 Å². The maximum atomic E-state index is 10.3. The molecule has 1 atom stereocenters. The van der Waals surface area contributed by atoms with Gasteiger partial charge in [0.25, 0.3) is 0 Å². The largest absolute Gasteiger partial charge is 0.487 e. The van der Waals surface area contributed by atoms with Gasteiger partial charge in [-0.15, -0.1) is 0 Å². The first-order valence-corrected chi connectivity index (χ1v) is 7.45. The summed E-state index contributed by atoms with van der Waals surface area (Å²) in [5.74, 6) is 2.30. The van der Waals surface area contributed by atoms with Crippen LogP contribution in [0.2, 0.25) is 0 Å². The van der Waals surface area contributed by atoms with Gasteiger partial charge in [0.15, 0.2) is 0 Å². The summed E-state index contributed by atoms with van der Waals surface area (Å²) < 4.78 is 7.20. The lowest BCUT2D eigenvalue weighted by Crippen LogP contribution is -2.53. The van der Waals surface area contributed by atoms with Gasteiger partial charge in [0, 0.05) is 16.5 Å². The van der Waals surface area contributed by atoms with E-state index in [0.29, 0.717) is 5.92 Å². The van der Waals surface area contributed by atoms with E-state index >= 15 is 0 Å². The highest BCUT2D eigenvalue weighted by molar-refractivity contribution is 9.10. The Bertz CT molecular complexity index is 464. The fourth-order valence-electron chi connectivity index (χ4n) is 3.23. The van der Waals surface area contributed by atoms with Crippen molar-refractivity contribution in [1.29, 1.82) is 0 Å². The molecule has 98 valence electrons. The van der Waals surface area contributed by atoms with Crippen molar-refractivity contribution in [3.05, 3.63) is 28.2 Å². The number of halogens is 1. The fraction of sp³-hybridized carbons (Fsp3) is 0.600. The van der Waals surface area contributed by atoms with E-state index in [1.165, 1.54) is 0 Å². The third-order valence-corrected chi connectivity index (χ3v) is 4.93. The molecule has 3 heteroatoms. The van der Waals surface area contributed by atoms with E-state index in [1.54, 1.807) is 0 Å². The number of hydrogen-bond acceptors (Lipinski definition) is 2. The molecule has 0 amide bonds. The Kier molecular flexibility index (Phi) is 2.94. The third kappa shape index (κ3) is 1.97. The van der Waals surface area contributed by atoms with E-state index in [2.05, 4.69) is 29.8 Å². The molecular weight excluding hydrogens is 292 g/mol. The predicted molar refractivity (Wildman–Crippen MR) is 74.6 cm³/mol. The second-order valence-electron chi connectivity index (χ2n) is 6.10. The van der Waals surface area contributed by atoms with Crippen molar-refractivity contribution < 1.29 is 9.84 Å². The molecule has 0 aromatic heterocycles. The highest BCUT2D eigenvalue weighted by atomic mass is 79.9. The second-order valence-corrected chi connectivity index (χ2v) is 7.02. The van der Waals surface area contributed by atoms with Crippen LogP contribution in [0, 0.1) is 11.8 Å². The number of fused-ring (bicyclic) bond motifs is 1. The van der Waals surface area contributed by atoms with Crippen molar-refractivity contribution in [2.45, 2.75) is 44.8 Å². The molecule has 2 nitrogen and oxygen atoms in total. The van der Waals surface area contributed by atoms with Gasteiger partial charge < -0.3 is 9.84 Å². The zero-order chi connectivity index (χ0) is 12.9. The van der Waals surface area contributed by atoms with Crippen molar-refractivity contribution >= 4 is 15.9 Å².